The summed E-state index contributed by atoms with van der Waals surface area (Å²) < 4.78 is 54.0. The summed E-state index contributed by atoms with van der Waals surface area (Å²) in [4.78, 5) is 34.6. The lowest BCUT2D eigenvalue weighted by Crippen LogP contribution is -2.27. The highest BCUT2D eigenvalue weighted by Gasteiger charge is 2.34. The van der Waals surface area contributed by atoms with E-state index < -0.39 is 40.4 Å². The Bertz CT molecular complexity index is 985. The van der Waals surface area contributed by atoms with Crippen molar-refractivity contribution in [3.63, 3.8) is 0 Å². The van der Waals surface area contributed by atoms with Gasteiger partial charge in [0.25, 0.3) is 0 Å². The summed E-state index contributed by atoms with van der Waals surface area (Å²) in [6.45, 7) is 0.871. The molecule has 1 aliphatic rings. The van der Waals surface area contributed by atoms with Crippen LogP contribution >= 0.6 is 11.3 Å². The second-order valence-corrected chi connectivity index (χ2v) is 7.10. The number of hydrogen-bond donors (Lipinski definition) is 0. The molecule has 3 rings (SSSR count). The Morgan fingerprint density at radius 2 is 1.85 bits per heavy atom. The number of likely N-dealkylation sites (N-methyl/N-ethyl adjacent to an activating group) is 1. The largest absolute Gasteiger partial charge is 0.308 e. The van der Waals surface area contributed by atoms with Gasteiger partial charge in [-0.3, -0.25) is 14.6 Å². The standard InChI is InChI=1S/C17H13F4N3O2S/c1-24(2)4-3-22-9-6-10(25)16-14(15(9)26)23-17(27-16)7-5-8(18)12(20)13(21)11(7)19/h5H,3-4,6H2,1-2H3. The van der Waals surface area contributed by atoms with Gasteiger partial charge in [0, 0.05) is 6.54 Å². The van der Waals surface area contributed by atoms with Gasteiger partial charge in [-0.05, 0) is 20.2 Å². The van der Waals surface area contributed by atoms with Crippen LogP contribution in [-0.2, 0) is 0 Å². The van der Waals surface area contributed by atoms with Crippen molar-refractivity contribution >= 4 is 28.6 Å². The van der Waals surface area contributed by atoms with E-state index in [0.29, 0.717) is 30.5 Å². The smallest absolute Gasteiger partial charge is 0.227 e. The summed E-state index contributed by atoms with van der Waals surface area (Å²) in [7, 11) is 3.66. The Morgan fingerprint density at radius 3 is 2.52 bits per heavy atom. The first kappa shape index (κ1) is 19.3. The highest BCUT2D eigenvalue weighted by atomic mass is 32.1. The third-order valence-electron chi connectivity index (χ3n) is 3.87. The fraction of sp³-hybridized carbons (Fsp3) is 0.294. The third-order valence-corrected chi connectivity index (χ3v) is 5.00. The Hall–Kier alpha value is -2.46. The van der Waals surface area contributed by atoms with E-state index in [1.807, 2.05) is 19.0 Å². The van der Waals surface area contributed by atoms with Gasteiger partial charge in [-0.15, -0.1) is 11.3 Å². The van der Waals surface area contributed by atoms with Gasteiger partial charge in [0.05, 0.1) is 24.2 Å². The third kappa shape index (κ3) is 3.54. The fourth-order valence-corrected chi connectivity index (χ4v) is 3.48. The van der Waals surface area contributed by atoms with Gasteiger partial charge in [0.15, 0.2) is 29.1 Å². The number of nitrogens with zero attached hydrogens (tertiary/aromatic N) is 3. The molecule has 0 N–H and O–H groups in total. The highest BCUT2D eigenvalue weighted by Crippen LogP contribution is 2.35. The number of Topliss-reactive ketones (excluding diaryl/α,β-unsaturated/α-hetero) is 2. The number of carbonyl (C=O) groups excluding carboxylic acids is 2. The number of thiazole rings is 1. The van der Waals surface area contributed by atoms with E-state index in [1.165, 1.54) is 0 Å². The number of hydrogen-bond acceptors (Lipinski definition) is 6. The number of halogens is 4. The normalized spacial score (nSPS) is 15.7. The molecule has 1 aromatic heterocycles. The number of ketones is 2. The number of aromatic nitrogens is 1. The van der Waals surface area contributed by atoms with Crippen molar-refractivity contribution in [3.05, 3.63) is 39.9 Å². The second-order valence-electron chi connectivity index (χ2n) is 6.11. The maximum absolute atomic E-state index is 14.0. The number of benzene rings is 1. The SMILES string of the molecule is CN(C)CCN=C1CC(=O)c2sc(-c3cc(F)c(F)c(F)c3F)nc2C1=O. The zero-order chi connectivity index (χ0) is 19.9. The van der Waals surface area contributed by atoms with E-state index in [0.717, 1.165) is 0 Å². The molecular weight excluding hydrogens is 386 g/mol. The highest BCUT2D eigenvalue weighted by molar-refractivity contribution is 7.17. The van der Waals surface area contributed by atoms with E-state index in [4.69, 9.17) is 0 Å². The molecule has 0 unspecified atom stereocenters. The molecular formula is C17H13F4N3O2S. The van der Waals surface area contributed by atoms with Crippen LogP contribution in [0.5, 0.6) is 0 Å². The van der Waals surface area contributed by atoms with Crippen molar-refractivity contribution in [1.29, 1.82) is 0 Å². The molecule has 0 saturated heterocycles. The van der Waals surface area contributed by atoms with Gasteiger partial charge in [0.2, 0.25) is 5.78 Å². The van der Waals surface area contributed by atoms with Gasteiger partial charge in [-0.1, -0.05) is 0 Å². The maximum atomic E-state index is 14.0. The molecule has 5 nitrogen and oxygen atoms in total. The molecule has 0 bridgehead atoms. The van der Waals surface area contributed by atoms with Crippen molar-refractivity contribution in [2.24, 2.45) is 4.99 Å². The van der Waals surface area contributed by atoms with Crippen LogP contribution in [0.2, 0.25) is 0 Å². The zero-order valence-electron chi connectivity index (χ0n) is 14.3. The molecule has 27 heavy (non-hydrogen) atoms. The van der Waals surface area contributed by atoms with Gasteiger partial charge >= 0.3 is 0 Å². The Kier molecular flexibility index (Phi) is 5.20. The maximum Gasteiger partial charge on any atom is 0.227 e. The van der Waals surface area contributed by atoms with Crippen molar-refractivity contribution in [1.82, 2.24) is 9.88 Å². The Balaban J connectivity index is 2.01. The van der Waals surface area contributed by atoms with Gasteiger partial charge in [-0.2, -0.15) is 0 Å². The van der Waals surface area contributed by atoms with Crippen molar-refractivity contribution in [2.75, 3.05) is 27.2 Å². The lowest BCUT2D eigenvalue weighted by molar-refractivity contribution is 0.0966. The molecule has 0 spiro atoms. The van der Waals surface area contributed by atoms with Crippen LogP contribution in [0.25, 0.3) is 10.6 Å². The molecule has 1 aliphatic carbocycles. The summed E-state index contributed by atoms with van der Waals surface area (Å²) in [6.07, 6.45) is -0.227. The summed E-state index contributed by atoms with van der Waals surface area (Å²) in [5, 5.41) is -0.286. The zero-order valence-corrected chi connectivity index (χ0v) is 15.1. The Labute approximate surface area is 155 Å². The topological polar surface area (TPSA) is 62.6 Å². The molecule has 1 aromatic carbocycles. The summed E-state index contributed by atoms with van der Waals surface area (Å²) in [5.41, 5.74) is -0.861. The van der Waals surface area contributed by atoms with Crippen LogP contribution in [0.3, 0.4) is 0 Å². The van der Waals surface area contributed by atoms with Gasteiger partial charge in [0.1, 0.15) is 15.6 Å². The average Bonchev–Trinajstić information content (AvgIpc) is 3.06. The molecule has 0 fully saturated rings. The van der Waals surface area contributed by atoms with Gasteiger partial charge < -0.3 is 4.90 Å². The minimum Gasteiger partial charge on any atom is -0.308 e. The van der Waals surface area contributed by atoms with Crippen LogP contribution in [0.1, 0.15) is 26.6 Å². The summed E-state index contributed by atoms with van der Waals surface area (Å²) in [5.74, 6) is -8.20. The number of fused-ring (bicyclic) bond motifs is 1. The van der Waals surface area contributed by atoms with E-state index in [1.54, 1.807) is 0 Å². The van der Waals surface area contributed by atoms with E-state index in [2.05, 4.69) is 9.98 Å². The van der Waals surface area contributed by atoms with Crippen LogP contribution in [0, 0.1) is 23.3 Å². The molecule has 0 saturated carbocycles. The quantitative estimate of drug-likeness (QED) is 0.450. The van der Waals surface area contributed by atoms with E-state index in [9.17, 15) is 27.2 Å². The van der Waals surface area contributed by atoms with Crippen molar-refractivity contribution in [3.8, 4) is 10.6 Å². The summed E-state index contributed by atoms with van der Waals surface area (Å²) in [6, 6.07) is 0.444. The van der Waals surface area contributed by atoms with Crippen LogP contribution in [0.15, 0.2) is 11.1 Å². The minimum absolute atomic E-state index is 0.0307. The molecule has 10 heteroatoms. The first-order valence-electron chi connectivity index (χ1n) is 7.80. The van der Waals surface area contributed by atoms with Crippen LogP contribution < -0.4 is 0 Å². The fourth-order valence-electron chi connectivity index (χ4n) is 2.47. The summed E-state index contributed by atoms with van der Waals surface area (Å²) >= 11 is 0.628. The van der Waals surface area contributed by atoms with E-state index in [-0.39, 0.29) is 27.7 Å². The van der Waals surface area contributed by atoms with Crippen LogP contribution in [-0.4, -0.2) is 54.3 Å². The molecule has 0 radical (unpaired) electrons. The monoisotopic (exact) mass is 399 g/mol. The molecule has 2 aromatic rings. The molecule has 0 atom stereocenters. The van der Waals surface area contributed by atoms with E-state index >= 15 is 0 Å². The lowest BCUT2D eigenvalue weighted by atomic mass is 9.98. The molecule has 0 amide bonds. The number of aliphatic imine (C=N–C) groups is 1. The van der Waals surface area contributed by atoms with Crippen LogP contribution in [0.4, 0.5) is 17.6 Å². The minimum atomic E-state index is -1.98. The number of rotatable bonds is 4. The predicted octanol–water partition coefficient (Wildman–Crippen LogP) is 3.14. The first-order valence-corrected chi connectivity index (χ1v) is 8.62. The van der Waals surface area contributed by atoms with Gasteiger partial charge in [-0.25, -0.2) is 22.5 Å². The second kappa shape index (κ2) is 7.28. The predicted molar refractivity (Wildman–Crippen MR) is 91.5 cm³/mol. The Morgan fingerprint density at radius 1 is 1.15 bits per heavy atom. The lowest BCUT2D eigenvalue weighted by Gasteiger charge is -2.11. The van der Waals surface area contributed by atoms with Crippen molar-refractivity contribution in [2.45, 2.75) is 6.42 Å². The number of carbonyl (C=O) groups is 2. The molecule has 0 aliphatic heterocycles. The average molecular weight is 399 g/mol. The van der Waals surface area contributed by atoms with Crippen molar-refractivity contribution < 1.29 is 27.2 Å². The molecule has 142 valence electrons. The first-order chi connectivity index (χ1) is 12.7. The molecule has 1 heterocycles.